The van der Waals surface area contributed by atoms with Gasteiger partial charge in [-0.15, -0.1) is 0 Å². The predicted octanol–water partition coefficient (Wildman–Crippen LogP) is 10.3. The smallest absolute Gasteiger partial charge is 0.405 e. The van der Waals surface area contributed by atoms with E-state index in [9.17, 15) is 33.9 Å². The molecular formula is C109H162N18O12S2Si2. The Labute approximate surface area is 860 Å². The molecule has 2 bridgehead atoms. The number of benzene rings is 3. The molecule has 15 atom stereocenters. The van der Waals surface area contributed by atoms with Crippen molar-refractivity contribution >= 4 is 115 Å². The third-order valence-electron chi connectivity index (χ3n) is 29.5. The molecular weight excluding hydrogens is 1870 g/mol. The standard InChI is InChI=1S/C109H162N18O12S2Si2/c1-15-17-35-87(16-2)142(108(7,8)9,88-36-25-22-26-37-88)137-69-81-45-55-126-59-49-85(120-106(126)116-81)73-140-71-83-47-57-124-53-43-79(114-104(124)118-83)65-112-96(129)67-123(52-32-21-19-18-20-31-51-111-98-91-61-75(3)62-95(136-14)99(131)77(5)63-78(6)101(139-103(110)134)94(135-13)42-33-34-76(4)102(133)122-92(100(91)132)64-93(98)128)68-97(130)113-66-80-44-54-125-58-48-84(119-105(125)115-80)72-141-74-86-50-60-127-56-46-82(117-107(127)121-86)70-138-143(109(10,11)12,89-38-27-23-28-39-89)90-40-29-24-30-41-90/h15-17,22-30,33-42,63-64,75,77,79-86,94-95,99,101,111,131H,2,18-21,31-32,43-62,65-74H2,1,3-14H3,(H2,110,134)(H,112,129)(H,113,130)(H,114,118)(H,115,119)(H,116,120)(H,117,121)(H,122,133)/b17-15-,42-33-,76-34+,78-63+,87-35+/t75-,77+,79-,80-,81-,82-,83-,84-,85-,86-,94+,95+,99-,101+,142?/m1/s1. The van der Waals surface area contributed by atoms with Crippen LogP contribution in [0.5, 0.6) is 0 Å². The van der Waals surface area contributed by atoms with Crippen LogP contribution in [-0.4, -0.2) is 320 Å². The van der Waals surface area contributed by atoms with Crippen molar-refractivity contribution in [2.24, 2.45) is 37.5 Å². The van der Waals surface area contributed by atoms with E-state index in [-0.39, 0.29) is 112 Å². The second-order valence-electron chi connectivity index (χ2n) is 42.4. The number of Topliss-reactive ketones (excluding diaryl/α,β-unsaturated/α-hetero) is 1. The number of ether oxygens (including phenoxy) is 3. The highest BCUT2D eigenvalue weighted by atomic mass is 32.2. The van der Waals surface area contributed by atoms with E-state index in [1.165, 1.54) is 41.9 Å². The number of fused-ring (bicyclic) bond motifs is 6. The van der Waals surface area contributed by atoms with Crippen molar-refractivity contribution in [2.45, 2.75) is 262 Å². The number of carbonyl (C=O) groups is 6. The Morgan fingerprint density at radius 3 is 1.58 bits per heavy atom. The number of primary amides is 1. The number of nitrogens with one attached hydrogen (secondary N) is 8. The lowest BCUT2D eigenvalue weighted by Gasteiger charge is -2.45. The monoisotopic (exact) mass is 2040 g/mol. The van der Waals surface area contributed by atoms with Crippen LogP contribution in [0.4, 0.5) is 4.79 Å². The molecule has 10 aliphatic rings. The lowest BCUT2D eigenvalue weighted by atomic mass is 9.85. The Bertz CT molecular complexity index is 5100. The maximum atomic E-state index is 14.6. The summed E-state index contributed by atoms with van der Waals surface area (Å²) in [6, 6.07) is 33.4. The molecule has 4 fully saturated rings. The number of nitrogens with two attached hydrogens (primary N) is 1. The number of rotatable bonds is 41. The highest BCUT2D eigenvalue weighted by Crippen LogP contribution is 2.44. The summed E-state index contributed by atoms with van der Waals surface area (Å²) >= 11 is 3.92. The summed E-state index contributed by atoms with van der Waals surface area (Å²) in [4.78, 5) is 116. The fourth-order valence-electron chi connectivity index (χ4n) is 21.5. The highest BCUT2D eigenvalue weighted by molar-refractivity contribution is 7.99. The van der Waals surface area contributed by atoms with Crippen LogP contribution < -0.4 is 63.8 Å². The molecule has 780 valence electrons. The summed E-state index contributed by atoms with van der Waals surface area (Å²) in [5.74, 6) is 4.90. The molecule has 0 spiro atoms. The van der Waals surface area contributed by atoms with Gasteiger partial charge in [0.25, 0.3) is 22.5 Å². The molecule has 3 aromatic rings. The number of hydrogen-bond donors (Lipinski definition) is 10. The van der Waals surface area contributed by atoms with Gasteiger partial charge in [-0.2, -0.15) is 23.5 Å². The van der Waals surface area contributed by atoms with E-state index in [2.05, 4.69) is 219 Å². The number of ketones is 2. The predicted molar refractivity (Wildman–Crippen MR) is 582 cm³/mol. The van der Waals surface area contributed by atoms with E-state index in [0.717, 1.165) is 188 Å². The number of thioether (sulfide) groups is 2. The lowest BCUT2D eigenvalue weighted by Crippen LogP contribution is -2.67. The topological polar surface area (TPSA) is 357 Å². The van der Waals surface area contributed by atoms with Crippen molar-refractivity contribution in [3.05, 3.63) is 186 Å². The van der Waals surface area contributed by atoms with Gasteiger partial charge in [-0.3, -0.25) is 28.9 Å². The van der Waals surface area contributed by atoms with Crippen LogP contribution >= 0.6 is 23.5 Å². The van der Waals surface area contributed by atoms with E-state index in [1.807, 2.05) is 55.3 Å². The zero-order chi connectivity index (χ0) is 102. The first-order valence-corrected chi connectivity index (χ1v) is 58.5. The summed E-state index contributed by atoms with van der Waals surface area (Å²) in [7, 11) is -2.57. The average molecular weight is 2040 g/mol. The van der Waals surface area contributed by atoms with Crippen molar-refractivity contribution in [2.75, 3.05) is 142 Å². The van der Waals surface area contributed by atoms with E-state index >= 15 is 0 Å². The van der Waals surface area contributed by atoms with Gasteiger partial charge >= 0.3 is 6.09 Å². The number of guanidine groups is 4. The molecule has 9 aliphatic heterocycles. The van der Waals surface area contributed by atoms with Crippen molar-refractivity contribution in [1.82, 2.24) is 67.0 Å². The molecule has 0 radical (unpaired) electrons. The first kappa shape index (κ1) is 111. The van der Waals surface area contributed by atoms with Crippen LogP contribution in [-0.2, 0) is 47.0 Å². The molecule has 4 saturated heterocycles. The van der Waals surface area contributed by atoms with Gasteiger partial charge in [0.1, 0.15) is 6.10 Å². The van der Waals surface area contributed by atoms with Crippen molar-refractivity contribution in [3.8, 4) is 0 Å². The van der Waals surface area contributed by atoms with Crippen LogP contribution in [0, 0.1) is 11.8 Å². The number of amides is 4. The second-order valence-corrected chi connectivity index (χ2v) is 53.1. The van der Waals surface area contributed by atoms with Crippen LogP contribution in [0.1, 0.15) is 179 Å². The normalized spacial score (nSPS) is 26.9. The molecule has 3 aromatic carbocycles. The summed E-state index contributed by atoms with van der Waals surface area (Å²) in [6.45, 7) is 37.7. The maximum Gasteiger partial charge on any atom is 0.405 e. The van der Waals surface area contributed by atoms with Crippen molar-refractivity contribution in [3.63, 3.8) is 0 Å². The summed E-state index contributed by atoms with van der Waals surface area (Å²) in [5.41, 5.74) is 6.57. The summed E-state index contributed by atoms with van der Waals surface area (Å²) in [6.07, 6.45) is 24.5. The van der Waals surface area contributed by atoms with Gasteiger partial charge in [0.15, 0.2) is 29.9 Å². The molecule has 34 heteroatoms. The molecule has 4 amide bonds. The van der Waals surface area contributed by atoms with E-state index in [1.54, 1.807) is 32.1 Å². The lowest BCUT2D eigenvalue weighted by molar-refractivity contribution is -0.125. The molecule has 13 rings (SSSR count). The first-order chi connectivity index (χ1) is 68.8. The van der Waals surface area contributed by atoms with Gasteiger partial charge in [0, 0.05) is 157 Å². The molecule has 0 saturated carbocycles. The summed E-state index contributed by atoms with van der Waals surface area (Å²) in [5, 5.41) is 44.1. The molecule has 0 aromatic heterocycles. The minimum atomic E-state index is -2.81. The van der Waals surface area contributed by atoms with Gasteiger partial charge in [0.2, 0.25) is 23.4 Å². The van der Waals surface area contributed by atoms with E-state index < -0.39 is 70.5 Å². The van der Waals surface area contributed by atoms with Crippen LogP contribution in [0.25, 0.3) is 0 Å². The highest BCUT2D eigenvalue weighted by Gasteiger charge is 2.53. The molecule has 1 unspecified atom stereocenters. The van der Waals surface area contributed by atoms with Gasteiger partial charge in [-0.1, -0.05) is 227 Å². The number of unbranched alkanes of at least 4 members (excludes halogenated alkanes) is 5. The molecule has 30 nitrogen and oxygen atoms in total. The van der Waals surface area contributed by atoms with Gasteiger partial charge < -0.3 is 96.0 Å². The Morgan fingerprint density at radius 2 is 1.09 bits per heavy atom. The van der Waals surface area contributed by atoms with Gasteiger partial charge in [-0.05, 0) is 147 Å². The quantitative estimate of drug-likeness (QED) is 0.00829. The zero-order valence-electron chi connectivity index (χ0n) is 87.0. The Morgan fingerprint density at radius 1 is 0.615 bits per heavy atom. The third kappa shape index (κ3) is 29.9. The third-order valence-corrected chi connectivity index (χ3v) is 42.0. The number of aliphatic hydroxyl groups is 1. The van der Waals surface area contributed by atoms with Crippen LogP contribution in [0.2, 0.25) is 10.1 Å². The first-order valence-electron chi connectivity index (χ1n) is 52.4. The van der Waals surface area contributed by atoms with Gasteiger partial charge in [0.05, 0.1) is 74.1 Å². The number of nitrogens with zero attached hydrogens (tertiary/aromatic N) is 9. The SMILES string of the molecule is C=C/C(=C\C=C/C)[Si](OC[C@H]1CCN2CC[C@H](CSC[C@H]3CCN4CC[C@H](CNC(=O)CN(CCCCCCCCNC5=C6C[C@@H](C)C[C@H](OC)[C@H](O)[C@@H](C)/C=C(\C)[C@H](OC(N)=O)[C@@H](OC)/C=C\C=C(/C)C(=O)NC(=CC5=O)C6=O)CC(=O)NC[C@H]5CCN6CC[C@H](CSC[C@H]7CCN8CC[C@H](CO[Si](c9ccccc9)(c9ccccc9)C(C)(C)C)N=C8N7)N=C6N5)NC4=N3)NC2=N1)(c1ccccc1)C(C)(C)C. The van der Waals surface area contributed by atoms with Crippen molar-refractivity contribution < 1.29 is 56.9 Å². The average Bonchev–Trinajstić information content (AvgIpc) is 0.748. The number of aliphatic hydroxyl groups excluding tert-OH is 1. The molecule has 9 heterocycles. The maximum absolute atomic E-state index is 14.6. The zero-order valence-corrected chi connectivity index (χ0v) is 90.6. The number of hydrogen-bond acceptors (Lipinski definition) is 28. The Balaban J connectivity index is 0.596. The Kier molecular flexibility index (Phi) is 41.1. The Hall–Kier alpha value is -9.63. The minimum absolute atomic E-state index is 0.0128. The fourth-order valence-corrected chi connectivity index (χ4v) is 33.0. The van der Waals surface area contributed by atoms with E-state index in [0.29, 0.717) is 63.8 Å². The van der Waals surface area contributed by atoms with Crippen LogP contribution in [0.3, 0.4) is 0 Å². The fraction of sp³-hybridized carbons (Fsp3) is 0.596. The molecule has 143 heavy (non-hydrogen) atoms. The number of aliphatic imine (C=N–C) groups is 4. The largest absolute Gasteiger partial charge is 0.439 e. The van der Waals surface area contributed by atoms with Crippen molar-refractivity contribution in [1.29, 1.82) is 0 Å². The van der Waals surface area contributed by atoms with Gasteiger partial charge in [-0.25, -0.2) is 24.8 Å². The van der Waals surface area contributed by atoms with E-state index in [4.69, 9.17) is 48.8 Å². The number of allylic oxidation sites excluding steroid dienone is 9. The van der Waals surface area contributed by atoms with Crippen LogP contribution in [0.15, 0.2) is 206 Å². The number of methoxy groups -OCH3 is 2. The molecule has 1 aliphatic carbocycles. The second kappa shape index (κ2) is 53.1. The minimum Gasteiger partial charge on any atom is -0.439 e. The molecule has 11 N–H and O–H groups in total. The number of carbonyl (C=O) groups excluding carboxylic acids is 6. The summed E-state index contributed by atoms with van der Waals surface area (Å²) < 4.78 is 31.9.